The summed E-state index contributed by atoms with van der Waals surface area (Å²) in [6.45, 7) is 4.40. The number of halogens is 2. The molecule has 0 radical (unpaired) electrons. The molecule has 1 aromatic carbocycles. The molecule has 106 valence electrons. The number of benzene rings is 1. The molecule has 2 rings (SSSR count). The molecule has 0 saturated carbocycles. The molecule has 0 aliphatic heterocycles. The van der Waals surface area contributed by atoms with Crippen LogP contribution >= 0.6 is 0 Å². The van der Waals surface area contributed by atoms with E-state index in [0.717, 1.165) is 6.07 Å². The lowest BCUT2D eigenvalue weighted by Gasteiger charge is -2.04. The molecule has 1 N–H and O–H groups in total. The molecule has 1 aromatic heterocycles. The van der Waals surface area contributed by atoms with Crippen LogP contribution < -0.4 is 0 Å². The summed E-state index contributed by atoms with van der Waals surface area (Å²) >= 11 is 0. The van der Waals surface area contributed by atoms with Crippen molar-refractivity contribution in [3.05, 3.63) is 41.6 Å². The van der Waals surface area contributed by atoms with Crippen LogP contribution in [-0.4, -0.2) is 20.9 Å². The fourth-order valence-corrected chi connectivity index (χ4v) is 1.93. The van der Waals surface area contributed by atoms with Gasteiger partial charge in [-0.15, -0.1) is 0 Å². The quantitative estimate of drug-likeness (QED) is 0.935. The van der Waals surface area contributed by atoms with E-state index >= 15 is 0 Å². The van der Waals surface area contributed by atoms with Gasteiger partial charge in [-0.25, -0.2) is 13.6 Å². The molecule has 0 spiro atoms. The molecule has 0 atom stereocenters. The van der Waals surface area contributed by atoms with Gasteiger partial charge in [-0.2, -0.15) is 5.10 Å². The van der Waals surface area contributed by atoms with Crippen LogP contribution in [0.1, 0.15) is 24.2 Å². The van der Waals surface area contributed by atoms with E-state index in [0.29, 0.717) is 6.54 Å². The molecule has 0 unspecified atom stereocenters. The maximum atomic E-state index is 13.8. The third-order valence-electron chi connectivity index (χ3n) is 2.75. The van der Waals surface area contributed by atoms with Gasteiger partial charge in [0.05, 0.1) is 0 Å². The number of hydrogen-bond acceptors (Lipinski definition) is 2. The Hall–Kier alpha value is -2.24. The second-order valence-corrected chi connectivity index (χ2v) is 4.91. The molecule has 0 fully saturated rings. The third-order valence-corrected chi connectivity index (χ3v) is 2.75. The summed E-state index contributed by atoms with van der Waals surface area (Å²) in [5, 5.41) is 13.2. The van der Waals surface area contributed by atoms with E-state index in [2.05, 4.69) is 5.10 Å². The number of hydrogen-bond donors (Lipinski definition) is 1. The molecule has 0 aliphatic carbocycles. The zero-order valence-corrected chi connectivity index (χ0v) is 11.1. The lowest BCUT2D eigenvalue weighted by molar-refractivity contribution is 0.0697. The van der Waals surface area contributed by atoms with Crippen molar-refractivity contribution >= 4 is 5.97 Å². The first kappa shape index (κ1) is 14.2. The molecule has 1 heterocycles. The Morgan fingerprint density at radius 1 is 1.40 bits per heavy atom. The molecule has 0 bridgehead atoms. The molecule has 20 heavy (non-hydrogen) atoms. The Bertz CT molecular complexity index is 651. The van der Waals surface area contributed by atoms with Crippen LogP contribution in [0.3, 0.4) is 0 Å². The Balaban J connectivity index is 2.57. The predicted octanol–water partition coefficient (Wildman–Crippen LogP) is 3.18. The Morgan fingerprint density at radius 2 is 2.10 bits per heavy atom. The highest BCUT2D eigenvalue weighted by molar-refractivity contribution is 5.94. The van der Waals surface area contributed by atoms with E-state index in [-0.39, 0.29) is 22.7 Å². The minimum atomic E-state index is -1.22. The number of carboxylic acids is 1. The zero-order chi connectivity index (χ0) is 14.9. The van der Waals surface area contributed by atoms with Gasteiger partial charge in [-0.3, -0.25) is 4.68 Å². The van der Waals surface area contributed by atoms with Crippen LogP contribution in [0.2, 0.25) is 0 Å². The minimum Gasteiger partial charge on any atom is -0.478 e. The first-order chi connectivity index (χ1) is 9.40. The van der Waals surface area contributed by atoms with E-state index in [1.807, 2.05) is 13.8 Å². The molecule has 2 aromatic rings. The van der Waals surface area contributed by atoms with Gasteiger partial charge in [0.15, 0.2) is 11.6 Å². The number of rotatable bonds is 4. The Kier molecular flexibility index (Phi) is 3.83. The summed E-state index contributed by atoms with van der Waals surface area (Å²) in [6.07, 6.45) is 1.34. The van der Waals surface area contributed by atoms with E-state index < -0.39 is 17.6 Å². The van der Waals surface area contributed by atoms with Crippen LogP contribution in [0.4, 0.5) is 8.78 Å². The van der Waals surface area contributed by atoms with Gasteiger partial charge < -0.3 is 5.11 Å². The smallest absolute Gasteiger partial charge is 0.339 e. The van der Waals surface area contributed by atoms with Crippen LogP contribution in [0, 0.1) is 17.6 Å². The van der Waals surface area contributed by atoms with E-state index in [4.69, 9.17) is 5.11 Å². The van der Waals surface area contributed by atoms with Crippen molar-refractivity contribution in [2.24, 2.45) is 5.92 Å². The normalized spacial score (nSPS) is 11.1. The SMILES string of the molecule is CC(C)Cn1cc(C(=O)O)c(-c2cccc(F)c2F)n1. The van der Waals surface area contributed by atoms with Crippen molar-refractivity contribution in [2.75, 3.05) is 0 Å². The van der Waals surface area contributed by atoms with E-state index in [1.54, 1.807) is 0 Å². The highest BCUT2D eigenvalue weighted by atomic mass is 19.2. The van der Waals surface area contributed by atoms with Crippen LogP contribution in [-0.2, 0) is 6.54 Å². The van der Waals surface area contributed by atoms with Crippen molar-refractivity contribution in [2.45, 2.75) is 20.4 Å². The summed E-state index contributed by atoms with van der Waals surface area (Å²) in [6, 6.07) is 3.61. The van der Waals surface area contributed by atoms with Gasteiger partial charge in [-0.1, -0.05) is 19.9 Å². The number of carboxylic acid groups (broad SMARTS) is 1. The van der Waals surface area contributed by atoms with Crippen LogP contribution in [0.15, 0.2) is 24.4 Å². The molecular weight excluding hydrogens is 266 g/mol. The number of aromatic carboxylic acids is 1. The molecular formula is C14H14F2N2O2. The van der Waals surface area contributed by atoms with Gasteiger partial charge in [0, 0.05) is 18.3 Å². The highest BCUT2D eigenvalue weighted by Gasteiger charge is 2.21. The van der Waals surface area contributed by atoms with E-state index in [1.165, 1.54) is 23.0 Å². The van der Waals surface area contributed by atoms with Crippen LogP contribution in [0.25, 0.3) is 11.3 Å². The topological polar surface area (TPSA) is 55.1 Å². The lowest BCUT2D eigenvalue weighted by Crippen LogP contribution is -2.04. The van der Waals surface area contributed by atoms with E-state index in [9.17, 15) is 13.6 Å². The van der Waals surface area contributed by atoms with Crippen molar-refractivity contribution in [1.82, 2.24) is 9.78 Å². The molecule has 0 amide bonds. The number of carbonyl (C=O) groups is 1. The highest BCUT2D eigenvalue weighted by Crippen LogP contribution is 2.26. The molecule has 4 nitrogen and oxygen atoms in total. The average molecular weight is 280 g/mol. The second-order valence-electron chi connectivity index (χ2n) is 4.91. The summed E-state index contributed by atoms with van der Waals surface area (Å²) in [5.74, 6) is -3.09. The Morgan fingerprint density at radius 3 is 2.70 bits per heavy atom. The largest absolute Gasteiger partial charge is 0.478 e. The fourth-order valence-electron chi connectivity index (χ4n) is 1.93. The van der Waals surface area contributed by atoms with Gasteiger partial charge in [0.1, 0.15) is 11.3 Å². The van der Waals surface area contributed by atoms with Crippen molar-refractivity contribution in [1.29, 1.82) is 0 Å². The first-order valence-corrected chi connectivity index (χ1v) is 6.15. The molecule has 6 heteroatoms. The maximum absolute atomic E-state index is 13.8. The lowest BCUT2D eigenvalue weighted by atomic mass is 10.1. The summed E-state index contributed by atoms with van der Waals surface area (Å²) < 4.78 is 28.5. The van der Waals surface area contributed by atoms with Gasteiger partial charge >= 0.3 is 5.97 Å². The Labute approximate surface area is 114 Å². The van der Waals surface area contributed by atoms with Gasteiger partial charge in [0.2, 0.25) is 0 Å². The van der Waals surface area contributed by atoms with Crippen molar-refractivity contribution in [3.8, 4) is 11.3 Å². The predicted molar refractivity (Wildman–Crippen MR) is 69.4 cm³/mol. The minimum absolute atomic E-state index is 0.0600. The van der Waals surface area contributed by atoms with Crippen LogP contribution in [0.5, 0.6) is 0 Å². The summed E-state index contributed by atoms with van der Waals surface area (Å²) in [4.78, 5) is 11.2. The summed E-state index contributed by atoms with van der Waals surface area (Å²) in [7, 11) is 0. The van der Waals surface area contributed by atoms with Crippen molar-refractivity contribution in [3.63, 3.8) is 0 Å². The number of nitrogens with zero attached hydrogens (tertiary/aromatic N) is 2. The molecule has 0 aliphatic rings. The van der Waals surface area contributed by atoms with Gasteiger partial charge in [-0.05, 0) is 18.1 Å². The fraction of sp³-hybridized carbons (Fsp3) is 0.286. The van der Waals surface area contributed by atoms with Crippen molar-refractivity contribution < 1.29 is 18.7 Å². The second kappa shape index (κ2) is 5.40. The zero-order valence-electron chi connectivity index (χ0n) is 11.1. The summed E-state index contributed by atoms with van der Waals surface area (Å²) in [5.41, 5.74) is -0.352. The molecule has 0 saturated heterocycles. The maximum Gasteiger partial charge on any atom is 0.339 e. The third kappa shape index (κ3) is 2.68. The average Bonchev–Trinajstić information content (AvgIpc) is 2.75. The standard InChI is InChI=1S/C14H14F2N2O2/c1-8(2)6-18-7-10(14(19)20)13(17-18)9-4-3-5-11(15)12(9)16/h3-5,7-8H,6H2,1-2H3,(H,19,20). The number of aromatic nitrogens is 2. The monoisotopic (exact) mass is 280 g/mol. The first-order valence-electron chi connectivity index (χ1n) is 6.15. The van der Waals surface area contributed by atoms with Gasteiger partial charge in [0.25, 0.3) is 0 Å².